The summed E-state index contributed by atoms with van der Waals surface area (Å²) in [4.78, 5) is 11.7. The van der Waals surface area contributed by atoms with Gasteiger partial charge in [0, 0.05) is 17.8 Å². The maximum atomic E-state index is 11.7. The van der Waals surface area contributed by atoms with Gasteiger partial charge in [-0.25, -0.2) is 0 Å². The van der Waals surface area contributed by atoms with Gasteiger partial charge in [-0.1, -0.05) is 6.07 Å². The first-order valence-corrected chi connectivity index (χ1v) is 5.52. The average molecular weight is 208 g/mol. The van der Waals surface area contributed by atoms with Crippen molar-refractivity contribution in [3.8, 4) is 0 Å². The van der Waals surface area contributed by atoms with Crippen LogP contribution < -0.4 is 10.9 Å². The summed E-state index contributed by atoms with van der Waals surface area (Å²) in [6.07, 6.45) is 2.02. The molecule has 0 aliphatic heterocycles. The highest BCUT2D eigenvalue weighted by Crippen LogP contribution is 2.07. The molecule has 0 bridgehead atoms. The van der Waals surface area contributed by atoms with Gasteiger partial charge in [-0.2, -0.15) is 0 Å². The van der Waals surface area contributed by atoms with E-state index in [1.54, 1.807) is 6.07 Å². The van der Waals surface area contributed by atoms with E-state index in [-0.39, 0.29) is 11.6 Å². The van der Waals surface area contributed by atoms with Crippen molar-refractivity contribution < 1.29 is 0 Å². The molecule has 0 aromatic carbocycles. The van der Waals surface area contributed by atoms with Crippen molar-refractivity contribution in [2.75, 3.05) is 13.6 Å². The topological polar surface area (TPSA) is 34.0 Å². The summed E-state index contributed by atoms with van der Waals surface area (Å²) in [6, 6.07) is 5.75. The van der Waals surface area contributed by atoms with Crippen molar-refractivity contribution in [2.45, 2.75) is 32.7 Å². The third-order valence-corrected chi connectivity index (χ3v) is 2.45. The Bertz CT molecular complexity index is 355. The molecule has 0 unspecified atom stereocenters. The van der Waals surface area contributed by atoms with Crippen LogP contribution in [0.5, 0.6) is 0 Å². The molecule has 1 aromatic rings. The molecule has 0 fully saturated rings. The van der Waals surface area contributed by atoms with E-state index < -0.39 is 0 Å². The van der Waals surface area contributed by atoms with Crippen molar-refractivity contribution in [2.24, 2.45) is 0 Å². The van der Waals surface area contributed by atoms with Gasteiger partial charge in [-0.05, 0) is 46.3 Å². The predicted octanol–water partition coefficient (Wildman–Crippen LogP) is 1.58. The number of hydrogen-bond donors (Lipinski definition) is 1. The van der Waals surface area contributed by atoms with Crippen LogP contribution in [0.25, 0.3) is 0 Å². The first kappa shape index (κ1) is 12.0. The molecular formula is C12H20N2O. The Labute approximate surface area is 91.1 Å². The lowest BCUT2D eigenvalue weighted by molar-refractivity contribution is 0.541. The Morgan fingerprint density at radius 2 is 2.13 bits per heavy atom. The van der Waals surface area contributed by atoms with Crippen LogP contribution in [-0.4, -0.2) is 18.2 Å². The molecule has 1 heterocycles. The van der Waals surface area contributed by atoms with Crippen molar-refractivity contribution in [3.63, 3.8) is 0 Å². The molecule has 1 N–H and O–H groups in total. The van der Waals surface area contributed by atoms with Crippen molar-refractivity contribution in [1.82, 2.24) is 9.88 Å². The lowest BCUT2D eigenvalue weighted by Crippen LogP contribution is -2.24. The van der Waals surface area contributed by atoms with E-state index in [0.29, 0.717) is 0 Å². The number of pyridine rings is 1. The Morgan fingerprint density at radius 3 is 2.73 bits per heavy atom. The Morgan fingerprint density at radius 1 is 1.40 bits per heavy atom. The summed E-state index contributed by atoms with van der Waals surface area (Å²) in [5.74, 6) is 0. The molecule has 1 rings (SSSR count). The van der Waals surface area contributed by atoms with Crippen LogP contribution in [-0.2, 0) is 6.42 Å². The zero-order valence-electron chi connectivity index (χ0n) is 9.79. The van der Waals surface area contributed by atoms with Gasteiger partial charge >= 0.3 is 0 Å². The molecule has 3 nitrogen and oxygen atoms in total. The maximum Gasteiger partial charge on any atom is 0.250 e. The fourth-order valence-corrected chi connectivity index (χ4v) is 1.78. The molecular weight excluding hydrogens is 188 g/mol. The number of nitrogens with one attached hydrogen (secondary N) is 1. The zero-order chi connectivity index (χ0) is 11.3. The quantitative estimate of drug-likeness (QED) is 0.745. The summed E-state index contributed by atoms with van der Waals surface area (Å²) in [5.41, 5.74) is 1.24. The first-order valence-electron chi connectivity index (χ1n) is 5.52. The van der Waals surface area contributed by atoms with E-state index in [2.05, 4.69) is 5.32 Å². The molecule has 0 aliphatic carbocycles. The van der Waals surface area contributed by atoms with Crippen LogP contribution in [0.3, 0.4) is 0 Å². The minimum absolute atomic E-state index is 0.104. The van der Waals surface area contributed by atoms with E-state index in [1.807, 2.05) is 37.6 Å². The van der Waals surface area contributed by atoms with Gasteiger partial charge in [0.05, 0.1) is 0 Å². The van der Waals surface area contributed by atoms with Gasteiger partial charge < -0.3 is 9.88 Å². The smallest absolute Gasteiger partial charge is 0.250 e. The Kier molecular flexibility index (Phi) is 4.56. The van der Waals surface area contributed by atoms with Crippen LogP contribution in [0.2, 0.25) is 0 Å². The number of hydrogen-bond acceptors (Lipinski definition) is 2. The number of rotatable bonds is 5. The first-order chi connectivity index (χ1) is 7.16. The summed E-state index contributed by atoms with van der Waals surface area (Å²) in [7, 11) is 1.94. The Balaban J connectivity index is 2.86. The highest BCUT2D eigenvalue weighted by molar-refractivity contribution is 5.08. The minimum Gasteiger partial charge on any atom is -0.320 e. The van der Waals surface area contributed by atoms with Gasteiger partial charge in [0.2, 0.25) is 0 Å². The molecule has 15 heavy (non-hydrogen) atoms. The largest absolute Gasteiger partial charge is 0.320 e. The molecule has 0 radical (unpaired) electrons. The average Bonchev–Trinajstić information content (AvgIpc) is 2.17. The third-order valence-electron chi connectivity index (χ3n) is 2.45. The summed E-state index contributed by atoms with van der Waals surface area (Å²) in [6.45, 7) is 5.08. The molecule has 0 spiro atoms. The summed E-state index contributed by atoms with van der Waals surface area (Å²) >= 11 is 0. The number of aryl methyl sites for hydroxylation is 1. The maximum absolute atomic E-state index is 11.7. The molecule has 3 heteroatoms. The summed E-state index contributed by atoms with van der Waals surface area (Å²) in [5, 5.41) is 3.11. The fraction of sp³-hybridized carbons (Fsp3) is 0.583. The van der Waals surface area contributed by atoms with E-state index in [9.17, 15) is 4.79 Å². The monoisotopic (exact) mass is 208 g/mol. The zero-order valence-corrected chi connectivity index (χ0v) is 9.79. The molecule has 0 aliphatic rings. The van der Waals surface area contributed by atoms with Crippen LogP contribution in [0.4, 0.5) is 0 Å². The molecule has 0 saturated carbocycles. The summed E-state index contributed by atoms with van der Waals surface area (Å²) < 4.78 is 1.87. The van der Waals surface area contributed by atoms with Crippen molar-refractivity contribution in [3.05, 3.63) is 34.2 Å². The lowest BCUT2D eigenvalue weighted by Gasteiger charge is -2.15. The highest BCUT2D eigenvalue weighted by atomic mass is 16.1. The molecule has 1 aromatic heterocycles. The van der Waals surface area contributed by atoms with E-state index in [4.69, 9.17) is 0 Å². The fourth-order valence-electron chi connectivity index (χ4n) is 1.78. The van der Waals surface area contributed by atoms with Gasteiger partial charge in [-0.3, -0.25) is 4.79 Å². The molecule has 0 atom stereocenters. The SMILES string of the molecule is CNCCCc1cccc(=O)n1C(C)C. The second-order valence-corrected chi connectivity index (χ2v) is 4.03. The highest BCUT2D eigenvalue weighted by Gasteiger charge is 2.05. The van der Waals surface area contributed by atoms with Crippen LogP contribution >= 0.6 is 0 Å². The van der Waals surface area contributed by atoms with Gasteiger partial charge in [0.15, 0.2) is 0 Å². The van der Waals surface area contributed by atoms with Gasteiger partial charge in [0.25, 0.3) is 5.56 Å². The van der Waals surface area contributed by atoms with Crippen LogP contribution in [0, 0.1) is 0 Å². The van der Waals surface area contributed by atoms with E-state index >= 15 is 0 Å². The second-order valence-electron chi connectivity index (χ2n) is 4.03. The van der Waals surface area contributed by atoms with Crippen molar-refractivity contribution >= 4 is 0 Å². The van der Waals surface area contributed by atoms with Crippen molar-refractivity contribution in [1.29, 1.82) is 0 Å². The lowest BCUT2D eigenvalue weighted by atomic mass is 10.2. The molecule has 0 amide bonds. The van der Waals surface area contributed by atoms with Gasteiger partial charge in [-0.15, -0.1) is 0 Å². The predicted molar refractivity (Wildman–Crippen MR) is 63.3 cm³/mol. The third kappa shape index (κ3) is 3.20. The normalized spacial score (nSPS) is 10.9. The van der Waals surface area contributed by atoms with E-state index in [0.717, 1.165) is 25.1 Å². The molecule has 0 saturated heterocycles. The Hall–Kier alpha value is -1.09. The number of nitrogens with zero attached hydrogens (tertiary/aromatic N) is 1. The minimum atomic E-state index is 0.104. The van der Waals surface area contributed by atoms with E-state index in [1.165, 1.54) is 0 Å². The van der Waals surface area contributed by atoms with Crippen LogP contribution in [0.1, 0.15) is 32.0 Å². The number of aromatic nitrogens is 1. The standard InChI is InChI=1S/C12H20N2O/c1-10(2)14-11(7-5-9-13-3)6-4-8-12(14)15/h4,6,8,10,13H,5,7,9H2,1-3H3. The van der Waals surface area contributed by atoms with Gasteiger partial charge in [0.1, 0.15) is 0 Å². The van der Waals surface area contributed by atoms with Crippen LogP contribution in [0.15, 0.2) is 23.0 Å². The second kappa shape index (κ2) is 5.71. The molecule has 84 valence electrons.